The molecule has 2 fully saturated rings. The van der Waals surface area contributed by atoms with Crippen LogP contribution in [-0.4, -0.2) is 59.9 Å². The Bertz CT molecular complexity index is 1210. The van der Waals surface area contributed by atoms with Gasteiger partial charge in [-0.2, -0.15) is 5.26 Å². The van der Waals surface area contributed by atoms with Crippen LogP contribution in [0.4, 0.5) is 0 Å². The number of benzene rings is 2. The third-order valence-electron chi connectivity index (χ3n) is 6.94. The maximum atomic E-state index is 13.2. The first-order chi connectivity index (χ1) is 17.5. The molecule has 2 aromatic carbocycles. The summed E-state index contributed by atoms with van der Waals surface area (Å²) in [6.07, 6.45) is 1.20. The fraction of sp³-hybridized carbons (Fsp3) is 0.407. The van der Waals surface area contributed by atoms with E-state index in [2.05, 4.69) is 28.4 Å². The minimum atomic E-state index is -0.728. The van der Waals surface area contributed by atoms with Crippen LogP contribution in [0.25, 0.3) is 0 Å². The van der Waals surface area contributed by atoms with Gasteiger partial charge in [0, 0.05) is 37.2 Å². The van der Waals surface area contributed by atoms with Crippen LogP contribution in [-0.2, 0) is 34.0 Å². The summed E-state index contributed by atoms with van der Waals surface area (Å²) < 4.78 is 11.5. The molecule has 2 saturated heterocycles. The van der Waals surface area contributed by atoms with Crippen LogP contribution in [0, 0.1) is 11.3 Å². The molecule has 0 spiro atoms. The molecule has 36 heavy (non-hydrogen) atoms. The minimum Gasteiger partial charge on any atom is -0.487 e. The third-order valence-corrected chi connectivity index (χ3v) is 6.94. The molecule has 3 aliphatic heterocycles. The summed E-state index contributed by atoms with van der Waals surface area (Å²) in [6, 6.07) is 12.8. The lowest BCUT2D eigenvalue weighted by Crippen LogP contribution is -2.46. The van der Waals surface area contributed by atoms with Crippen LogP contribution < -0.4 is 10.1 Å². The van der Waals surface area contributed by atoms with E-state index >= 15 is 0 Å². The van der Waals surface area contributed by atoms with Gasteiger partial charge in [0.15, 0.2) is 0 Å². The van der Waals surface area contributed by atoms with Gasteiger partial charge in [0.25, 0.3) is 5.91 Å². The normalized spacial score (nSPS) is 20.5. The third kappa shape index (κ3) is 4.96. The van der Waals surface area contributed by atoms with Gasteiger partial charge in [0.1, 0.15) is 24.5 Å². The molecule has 3 amide bonds. The zero-order valence-electron chi connectivity index (χ0n) is 20.0. The standard InChI is InChI=1S/C27H28N4O5/c28-14-20-8-9-21-22(16-31(27(21)34)23-2-1-3-24(32)29-26(23)33)25(20)36-17-19-6-4-18(5-7-19)15-30-10-12-35-13-11-30/h4-9,23H,1-3,10-13,15-17H2,(H,29,32,33)/t23-/m0/s1. The Morgan fingerprint density at radius 2 is 1.81 bits per heavy atom. The fourth-order valence-electron chi connectivity index (χ4n) is 4.97. The number of nitrogens with one attached hydrogen (secondary N) is 1. The Morgan fingerprint density at radius 1 is 1.06 bits per heavy atom. The second-order valence-electron chi connectivity index (χ2n) is 9.33. The number of imide groups is 1. The van der Waals surface area contributed by atoms with Crippen molar-refractivity contribution < 1.29 is 23.9 Å². The first-order valence-corrected chi connectivity index (χ1v) is 12.2. The highest BCUT2D eigenvalue weighted by Gasteiger charge is 2.39. The van der Waals surface area contributed by atoms with E-state index in [0.717, 1.165) is 38.4 Å². The maximum Gasteiger partial charge on any atom is 0.255 e. The first kappa shape index (κ1) is 24.0. The van der Waals surface area contributed by atoms with Crippen LogP contribution in [0.3, 0.4) is 0 Å². The lowest BCUT2D eigenvalue weighted by molar-refractivity contribution is -0.132. The molecular weight excluding hydrogens is 460 g/mol. The Kier molecular flexibility index (Phi) is 6.98. The molecule has 1 atom stereocenters. The Hall–Kier alpha value is -3.74. The van der Waals surface area contributed by atoms with E-state index in [1.165, 1.54) is 10.5 Å². The number of rotatable bonds is 6. The van der Waals surface area contributed by atoms with Crippen LogP contribution in [0.15, 0.2) is 36.4 Å². The van der Waals surface area contributed by atoms with Gasteiger partial charge >= 0.3 is 0 Å². The predicted octanol–water partition coefficient (Wildman–Crippen LogP) is 2.12. The molecule has 0 unspecified atom stereocenters. The average Bonchev–Trinajstić information content (AvgIpc) is 3.12. The molecule has 9 nitrogen and oxygen atoms in total. The molecule has 0 aromatic heterocycles. The molecule has 2 aromatic rings. The number of fused-ring (bicyclic) bond motifs is 1. The van der Waals surface area contributed by atoms with Gasteiger partial charge in [-0.25, -0.2) is 0 Å². The zero-order chi connectivity index (χ0) is 25.1. The van der Waals surface area contributed by atoms with E-state index in [1.807, 2.05) is 12.1 Å². The highest BCUT2D eigenvalue weighted by atomic mass is 16.5. The summed E-state index contributed by atoms with van der Waals surface area (Å²) in [4.78, 5) is 41.3. The van der Waals surface area contributed by atoms with Crippen molar-refractivity contribution in [3.05, 3.63) is 64.2 Å². The van der Waals surface area contributed by atoms with Crippen LogP contribution in [0.1, 0.15) is 51.9 Å². The van der Waals surface area contributed by atoms with E-state index < -0.39 is 11.9 Å². The van der Waals surface area contributed by atoms with Gasteiger partial charge in [0.05, 0.1) is 25.3 Å². The maximum absolute atomic E-state index is 13.2. The SMILES string of the molecule is N#Cc1ccc2c(c1OCc1ccc(CN3CCOCC3)cc1)CN([C@H]1CCCC(=O)NC1=O)C2=O. The van der Waals surface area contributed by atoms with Gasteiger partial charge in [0.2, 0.25) is 11.8 Å². The van der Waals surface area contributed by atoms with Crippen molar-refractivity contribution >= 4 is 17.7 Å². The van der Waals surface area contributed by atoms with Crippen LogP contribution >= 0.6 is 0 Å². The average molecular weight is 489 g/mol. The lowest BCUT2D eigenvalue weighted by Gasteiger charge is -2.26. The number of carbonyl (C=O) groups excluding carboxylic acids is 3. The van der Waals surface area contributed by atoms with E-state index in [9.17, 15) is 19.6 Å². The summed E-state index contributed by atoms with van der Waals surface area (Å²) >= 11 is 0. The second-order valence-corrected chi connectivity index (χ2v) is 9.33. The van der Waals surface area contributed by atoms with Gasteiger partial charge in [-0.05, 0) is 36.1 Å². The van der Waals surface area contributed by atoms with Crippen molar-refractivity contribution in [3.8, 4) is 11.8 Å². The molecule has 1 N–H and O–H groups in total. The van der Waals surface area contributed by atoms with Crippen molar-refractivity contribution in [1.29, 1.82) is 5.26 Å². The fourth-order valence-corrected chi connectivity index (χ4v) is 4.97. The number of ether oxygens (including phenoxy) is 2. The number of nitriles is 1. The molecule has 0 radical (unpaired) electrons. The number of hydrogen-bond donors (Lipinski definition) is 1. The first-order valence-electron chi connectivity index (χ1n) is 12.2. The summed E-state index contributed by atoms with van der Waals surface area (Å²) in [5, 5.41) is 12.0. The molecule has 5 rings (SSSR count). The highest BCUT2D eigenvalue weighted by Crippen LogP contribution is 2.36. The van der Waals surface area contributed by atoms with Crippen molar-refractivity contribution in [2.75, 3.05) is 26.3 Å². The Balaban J connectivity index is 1.30. The largest absolute Gasteiger partial charge is 0.487 e. The molecule has 186 valence electrons. The molecular formula is C27H28N4O5. The van der Waals surface area contributed by atoms with E-state index in [4.69, 9.17) is 9.47 Å². The predicted molar refractivity (Wildman–Crippen MR) is 129 cm³/mol. The van der Waals surface area contributed by atoms with Gasteiger partial charge in [-0.1, -0.05) is 24.3 Å². The van der Waals surface area contributed by atoms with Crippen molar-refractivity contribution in [3.63, 3.8) is 0 Å². The van der Waals surface area contributed by atoms with Crippen LogP contribution in [0.2, 0.25) is 0 Å². The Labute approximate surface area is 209 Å². The quantitative estimate of drug-likeness (QED) is 0.620. The molecule has 3 heterocycles. The zero-order valence-corrected chi connectivity index (χ0v) is 20.0. The summed E-state index contributed by atoms with van der Waals surface area (Å²) in [6.45, 7) is 4.65. The smallest absolute Gasteiger partial charge is 0.255 e. The van der Waals surface area contributed by atoms with Crippen molar-refractivity contribution in [2.24, 2.45) is 0 Å². The number of nitrogens with zero attached hydrogens (tertiary/aromatic N) is 3. The van der Waals surface area contributed by atoms with E-state index in [0.29, 0.717) is 35.3 Å². The number of hydrogen-bond acceptors (Lipinski definition) is 7. The number of morpholine rings is 1. The Morgan fingerprint density at radius 3 is 2.56 bits per heavy atom. The van der Waals surface area contributed by atoms with Crippen molar-refractivity contribution in [1.82, 2.24) is 15.1 Å². The van der Waals surface area contributed by atoms with Gasteiger partial charge in [-0.3, -0.25) is 24.6 Å². The molecule has 0 saturated carbocycles. The van der Waals surface area contributed by atoms with Gasteiger partial charge < -0.3 is 14.4 Å². The van der Waals surface area contributed by atoms with Crippen molar-refractivity contribution in [2.45, 2.75) is 45.0 Å². The highest BCUT2D eigenvalue weighted by molar-refractivity contribution is 6.04. The van der Waals surface area contributed by atoms with E-state index in [-0.39, 0.29) is 31.4 Å². The molecule has 0 aliphatic carbocycles. The monoisotopic (exact) mass is 488 g/mol. The van der Waals surface area contributed by atoms with Gasteiger partial charge in [-0.15, -0.1) is 0 Å². The lowest BCUT2D eigenvalue weighted by atomic mass is 10.0. The summed E-state index contributed by atoms with van der Waals surface area (Å²) in [5.74, 6) is -0.702. The van der Waals surface area contributed by atoms with E-state index in [1.54, 1.807) is 12.1 Å². The minimum absolute atomic E-state index is 0.157. The number of amides is 3. The summed E-state index contributed by atoms with van der Waals surface area (Å²) in [5.41, 5.74) is 3.53. The topological polar surface area (TPSA) is 112 Å². The second kappa shape index (κ2) is 10.5. The van der Waals surface area contributed by atoms with Crippen LogP contribution in [0.5, 0.6) is 5.75 Å². The molecule has 3 aliphatic rings. The number of carbonyl (C=O) groups is 3. The summed E-state index contributed by atoms with van der Waals surface area (Å²) in [7, 11) is 0. The molecule has 0 bridgehead atoms. The molecule has 9 heteroatoms.